The fraction of sp³-hybridized carbons (Fsp3) is 0.0149. The van der Waals surface area contributed by atoms with Gasteiger partial charge in [-0.3, -0.25) is 0 Å². The Balaban J connectivity index is 1.10. The summed E-state index contributed by atoms with van der Waals surface area (Å²) in [5, 5.41) is 15.2. The molecule has 13 aromatic carbocycles. The van der Waals surface area contributed by atoms with Crippen molar-refractivity contribution in [2.75, 3.05) is 0 Å². The quantitative estimate of drug-likeness (QED) is 0.120. The monoisotopic (exact) mass is 846 g/mol. The lowest BCUT2D eigenvalue weighted by molar-refractivity contribution is 0.777. The Morgan fingerprint density at radius 2 is 0.627 bits per heavy atom. The molecule has 0 radical (unpaired) electrons. The van der Waals surface area contributed by atoms with Crippen LogP contribution in [0.5, 0.6) is 0 Å². The van der Waals surface area contributed by atoms with Gasteiger partial charge in [0.05, 0.1) is 5.41 Å². The molecule has 0 bridgehead atoms. The summed E-state index contributed by atoms with van der Waals surface area (Å²) in [6.07, 6.45) is 0. The van der Waals surface area contributed by atoms with E-state index in [1.165, 1.54) is 131 Å². The highest BCUT2D eigenvalue weighted by Gasteiger charge is 2.49. The standard InChI is InChI=1S/C67H42/c1-3-21-48(22-4-1)67(49-23-5-2-6-24-49)61-42-60(52-27-10-12-28-53(52)64(61)65-54-29-13-9-25-50(54)51-26-11-18-34-59(51)66(65)67)63-57-32-16-14-30-55(57)62(56-31-15-17-33-58(56)63)45-38-35-44(36-39-45)47-40-37-43-19-7-8-20-46(43)41-47/h1-42H. The van der Waals surface area contributed by atoms with Crippen molar-refractivity contribution in [1.82, 2.24) is 0 Å². The van der Waals surface area contributed by atoms with Crippen LogP contribution < -0.4 is 0 Å². The van der Waals surface area contributed by atoms with E-state index in [2.05, 4.69) is 255 Å². The molecule has 0 saturated carbocycles. The highest BCUT2D eigenvalue weighted by atomic mass is 14.5. The maximum atomic E-state index is 2.60. The molecule has 0 N–H and O–H groups in total. The molecule has 0 aliphatic heterocycles. The fourth-order valence-corrected chi connectivity index (χ4v) is 12.1. The Hall–Kier alpha value is -8.58. The zero-order chi connectivity index (χ0) is 44.1. The summed E-state index contributed by atoms with van der Waals surface area (Å²) >= 11 is 0. The molecule has 0 nitrogen and oxygen atoms in total. The zero-order valence-electron chi connectivity index (χ0n) is 36.7. The van der Waals surface area contributed by atoms with Gasteiger partial charge in [0, 0.05) is 0 Å². The van der Waals surface area contributed by atoms with E-state index >= 15 is 0 Å². The van der Waals surface area contributed by atoms with Gasteiger partial charge in [-0.25, -0.2) is 0 Å². The maximum absolute atomic E-state index is 2.60. The molecule has 0 heterocycles. The molecular formula is C67H42. The third-order valence-corrected chi connectivity index (χ3v) is 14.9. The van der Waals surface area contributed by atoms with E-state index in [1.807, 2.05) is 0 Å². The number of rotatable bonds is 5. The molecule has 14 rings (SSSR count). The van der Waals surface area contributed by atoms with Crippen LogP contribution in [0.2, 0.25) is 0 Å². The second kappa shape index (κ2) is 14.7. The van der Waals surface area contributed by atoms with E-state index in [-0.39, 0.29) is 0 Å². The smallest absolute Gasteiger partial charge is 0.0622 e. The second-order valence-electron chi connectivity index (χ2n) is 18.2. The lowest BCUT2D eigenvalue weighted by Crippen LogP contribution is -2.29. The Bertz CT molecular complexity index is 4030. The van der Waals surface area contributed by atoms with E-state index in [0.29, 0.717) is 0 Å². The molecule has 0 unspecified atom stereocenters. The largest absolute Gasteiger partial charge is 0.0720 e. The van der Waals surface area contributed by atoms with Gasteiger partial charge < -0.3 is 0 Å². The van der Waals surface area contributed by atoms with Gasteiger partial charge in [-0.2, -0.15) is 0 Å². The van der Waals surface area contributed by atoms with Crippen LogP contribution in [0.25, 0.3) is 109 Å². The summed E-state index contributed by atoms with van der Waals surface area (Å²) in [5.41, 5.74) is 14.6. The van der Waals surface area contributed by atoms with E-state index in [4.69, 9.17) is 0 Å². The predicted octanol–water partition coefficient (Wildman–Crippen LogP) is 18.0. The average Bonchev–Trinajstić information content (AvgIpc) is 3.73. The van der Waals surface area contributed by atoms with Crippen molar-refractivity contribution in [3.05, 3.63) is 277 Å². The summed E-state index contributed by atoms with van der Waals surface area (Å²) < 4.78 is 0. The topological polar surface area (TPSA) is 0 Å². The molecule has 13 aromatic rings. The molecule has 0 aromatic heterocycles. The first-order valence-corrected chi connectivity index (χ1v) is 23.4. The van der Waals surface area contributed by atoms with Gasteiger partial charge in [0.2, 0.25) is 0 Å². The van der Waals surface area contributed by atoms with Gasteiger partial charge in [0.25, 0.3) is 0 Å². The molecule has 1 aliphatic rings. The molecule has 0 amide bonds. The molecule has 0 heteroatoms. The summed E-state index contributed by atoms with van der Waals surface area (Å²) in [7, 11) is 0. The first kappa shape index (κ1) is 37.8. The molecule has 1 aliphatic carbocycles. The fourth-order valence-electron chi connectivity index (χ4n) is 12.1. The maximum Gasteiger partial charge on any atom is 0.0720 e. The van der Waals surface area contributed by atoms with Crippen molar-refractivity contribution in [1.29, 1.82) is 0 Å². The number of fused-ring (bicyclic) bond motifs is 13. The average molecular weight is 847 g/mol. The molecule has 310 valence electrons. The third-order valence-electron chi connectivity index (χ3n) is 14.9. The number of hydrogen-bond donors (Lipinski definition) is 0. The van der Waals surface area contributed by atoms with E-state index < -0.39 is 5.41 Å². The number of benzene rings is 13. The molecule has 0 fully saturated rings. The molecule has 67 heavy (non-hydrogen) atoms. The van der Waals surface area contributed by atoms with Crippen LogP contribution in [0.1, 0.15) is 22.3 Å². The van der Waals surface area contributed by atoms with Crippen LogP contribution >= 0.6 is 0 Å². The van der Waals surface area contributed by atoms with Crippen LogP contribution in [0.15, 0.2) is 255 Å². The highest BCUT2D eigenvalue weighted by Crippen LogP contribution is 2.63. The van der Waals surface area contributed by atoms with Crippen molar-refractivity contribution in [3.63, 3.8) is 0 Å². The van der Waals surface area contributed by atoms with Gasteiger partial charge in [0.1, 0.15) is 0 Å². The van der Waals surface area contributed by atoms with Crippen LogP contribution in [0, 0.1) is 0 Å². The minimum Gasteiger partial charge on any atom is -0.0622 e. The van der Waals surface area contributed by atoms with Crippen molar-refractivity contribution in [3.8, 4) is 44.5 Å². The summed E-state index contributed by atoms with van der Waals surface area (Å²) in [4.78, 5) is 0. The van der Waals surface area contributed by atoms with Crippen LogP contribution in [-0.2, 0) is 5.41 Å². The first-order valence-electron chi connectivity index (χ1n) is 23.4. The van der Waals surface area contributed by atoms with Crippen molar-refractivity contribution < 1.29 is 0 Å². The minimum atomic E-state index is -0.631. The van der Waals surface area contributed by atoms with Gasteiger partial charge >= 0.3 is 0 Å². The lowest BCUT2D eigenvalue weighted by Gasteiger charge is -2.35. The Labute approximate surface area is 389 Å². The normalized spacial score (nSPS) is 12.9. The van der Waals surface area contributed by atoms with Gasteiger partial charge in [0.15, 0.2) is 0 Å². The minimum absolute atomic E-state index is 0.631. The van der Waals surface area contributed by atoms with Crippen LogP contribution in [0.3, 0.4) is 0 Å². The van der Waals surface area contributed by atoms with Gasteiger partial charge in [-0.15, -0.1) is 0 Å². The van der Waals surface area contributed by atoms with Crippen molar-refractivity contribution in [2.24, 2.45) is 0 Å². The zero-order valence-corrected chi connectivity index (χ0v) is 36.7. The van der Waals surface area contributed by atoms with Gasteiger partial charge in [-0.1, -0.05) is 243 Å². The Morgan fingerprint density at radius 3 is 1.21 bits per heavy atom. The summed E-state index contributed by atoms with van der Waals surface area (Å²) in [6.45, 7) is 0. The molecule has 0 atom stereocenters. The van der Waals surface area contributed by atoms with Crippen molar-refractivity contribution >= 4 is 64.6 Å². The third kappa shape index (κ3) is 5.42. The Morgan fingerprint density at radius 1 is 0.224 bits per heavy atom. The number of hydrogen-bond acceptors (Lipinski definition) is 0. The highest BCUT2D eigenvalue weighted by molar-refractivity contribution is 6.27. The SMILES string of the molecule is c1ccc(C2(c3ccccc3)c3cc(-c4c5ccccc5c(-c5ccc(-c6ccc7ccccc7c6)cc5)c5ccccc45)c4ccccc4c3-c3c2c2ccccc2c2ccccc32)cc1. The van der Waals surface area contributed by atoms with Gasteiger partial charge in [-0.05, 0) is 144 Å². The summed E-state index contributed by atoms with van der Waals surface area (Å²) in [6, 6.07) is 95.4. The molecule has 0 saturated heterocycles. The van der Waals surface area contributed by atoms with E-state index in [1.54, 1.807) is 0 Å². The summed E-state index contributed by atoms with van der Waals surface area (Å²) in [5.74, 6) is 0. The van der Waals surface area contributed by atoms with Crippen LogP contribution in [0.4, 0.5) is 0 Å². The molecular weight excluding hydrogens is 805 g/mol. The predicted molar refractivity (Wildman–Crippen MR) is 285 cm³/mol. The lowest BCUT2D eigenvalue weighted by atomic mass is 9.66. The Kier molecular flexibility index (Phi) is 8.30. The molecule has 0 spiro atoms. The second-order valence-corrected chi connectivity index (χ2v) is 18.2. The first-order chi connectivity index (χ1) is 33.3. The van der Waals surface area contributed by atoms with Crippen molar-refractivity contribution in [2.45, 2.75) is 5.41 Å². The van der Waals surface area contributed by atoms with Crippen LogP contribution in [-0.4, -0.2) is 0 Å². The van der Waals surface area contributed by atoms with E-state index in [9.17, 15) is 0 Å². The van der Waals surface area contributed by atoms with E-state index in [0.717, 1.165) is 0 Å².